The smallest absolute Gasteiger partial charge is 0.251 e. The summed E-state index contributed by atoms with van der Waals surface area (Å²) >= 11 is 5.82. The Balaban J connectivity index is 1.78. The van der Waals surface area contributed by atoms with Crippen LogP contribution in [0.25, 0.3) is 0 Å². The van der Waals surface area contributed by atoms with Gasteiger partial charge in [0.25, 0.3) is 5.91 Å². The van der Waals surface area contributed by atoms with Crippen LogP contribution in [0.4, 0.5) is 0 Å². The molecule has 1 unspecified atom stereocenters. The first-order valence-electron chi connectivity index (χ1n) is 7.98. The maximum Gasteiger partial charge on any atom is 0.251 e. The fourth-order valence-corrected chi connectivity index (χ4v) is 3.12. The Kier molecular flexibility index (Phi) is 6.09. The largest absolute Gasteiger partial charge is 0.506 e. The number of rotatable bonds is 5. The number of phenolic OH excluding ortho intramolecular Hbond substituents is 1. The summed E-state index contributed by atoms with van der Waals surface area (Å²) in [6.45, 7) is 7.45. The van der Waals surface area contributed by atoms with Gasteiger partial charge in [-0.2, -0.15) is 0 Å². The van der Waals surface area contributed by atoms with Crippen LogP contribution in [0.15, 0.2) is 18.2 Å². The molecular formula is C17H25ClN2O2. The van der Waals surface area contributed by atoms with Crippen LogP contribution in [0, 0.1) is 5.92 Å². The third-order valence-corrected chi connectivity index (χ3v) is 4.63. The molecular weight excluding hydrogens is 300 g/mol. The minimum absolute atomic E-state index is 0.00537. The van der Waals surface area contributed by atoms with Crippen LogP contribution >= 0.6 is 11.6 Å². The van der Waals surface area contributed by atoms with Crippen LogP contribution in [0.5, 0.6) is 5.75 Å². The van der Waals surface area contributed by atoms with Gasteiger partial charge in [0.2, 0.25) is 0 Å². The quantitative estimate of drug-likeness (QED) is 0.874. The standard InChI is InChI=1S/C17H25ClN2O2/c1-12(2)20-9-3-4-13(11-20)7-8-19-17(22)14-5-6-16(21)15(18)10-14/h5-6,10,12-13,21H,3-4,7-9,11H2,1-2H3,(H,19,22). The number of carbonyl (C=O) groups is 1. The van der Waals surface area contributed by atoms with Crippen molar-refractivity contribution in [3.63, 3.8) is 0 Å². The first kappa shape index (κ1) is 17.1. The van der Waals surface area contributed by atoms with Crippen molar-refractivity contribution in [2.45, 2.75) is 39.2 Å². The number of nitrogens with one attached hydrogen (secondary N) is 1. The van der Waals surface area contributed by atoms with Gasteiger partial charge in [-0.1, -0.05) is 11.6 Å². The summed E-state index contributed by atoms with van der Waals surface area (Å²) in [6, 6.07) is 5.11. The topological polar surface area (TPSA) is 52.6 Å². The SMILES string of the molecule is CC(C)N1CCCC(CCNC(=O)c2ccc(O)c(Cl)c2)C1. The van der Waals surface area contributed by atoms with E-state index >= 15 is 0 Å². The van der Waals surface area contributed by atoms with Crippen molar-refractivity contribution >= 4 is 17.5 Å². The summed E-state index contributed by atoms with van der Waals surface area (Å²) in [7, 11) is 0. The van der Waals surface area contributed by atoms with Crippen molar-refractivity contribution in [2.75, 3.05) is 19.6 Å². The van der Waals surface area contributed by atoms with Gasteiger partial charge in [0.05, 0.1) is 5.02 Å². The molecule has 22 heavy (non-hydrogen) atoms. The molecule has 1 aliphatic heterocycles. The van der Waals surface area contributed by atoms with E-state index in [0.717, 1.165) is 13.0 Å². The minimum Gasteiger partial charge on any atom is -0.506 e. The zero-order chi connectivity index (χ0) is 16.1. The van der Waals surface area contributed by atoms with Gasteiger partial charge in [0, 0.05) is 24.7 Å². The molecule has 0 radical (unpaired) electrons. The van der Waals surface area contributed by atoms with E-state index in [9.17, 15) is 9.90 Å². The van der Waals surface area contributed by atoms with Crippen molar-refractivity contribution in [2.24, 2.45) is 5.92 Å². The van der Waals surface area contributed by atoms with E-state index in [1.807, 2.05) is 0 Å². The molecule has 0 aromatic heterocycles. The zero-order valence-corrected chi connectivity index (χ0v) is 14.1. The lowest BCUT2D eigenvalue weighted by molar-refractivity contribution is 0.0942. The molecule has 0 bridgehead atoms. The molecule has 2 rings (SSSR count). The molecule has 1 fully saturated rings. The molecule has 0 spiro atoms. The number of likely N-dealkylation sites (tertiary alicyclic amines) is 1. The van der Waals surface area contributed by atoms with E-state index in [-0.39, 0.29) is 16.7 Å². The molecule has 4 nitrogen and oxygen atoms in total. The highest BCUT2D eigenvalue weighted by Gasteiger charge is 2.21. The molecule has 1 aromatic rings. The van der Waals surface area contributed by atoms with Gasteiger partial charge in [-0.25, -0.2) is 0 Å². The number of hydrogen-bond acceptors (Lipinski definition) is 3. The van der Waals surface area contributed by atoms with Crippen molar-refractivity contribution in [1.82, 2.24) is 10.2 Å². The third kappa shape index (κ3) is 4.62. The Hall–Kier alpha value is -1.26. The highest BCUT2D eigenvalue weighted by atomic mass is 35.5. The average Bonchev–Trinajstić information content (AvgIpc) is 2.50. The lowest BCUT2D eigenvalue weighted by Crippen LogP contribution is -2.40. The Bertz CT molecular complexity index is 519. The molecule has 0 aliphatic carbocycles. The van der Waals surface area contributed by atoms with Gasteiger partial charge >= 0.3 is 0 Å². The Labute approximate surface area is 137 Å². The third-order valence-electron chi connectivity index (χ3n) is 4.33. The van der Waals surface area contributed by atoms with E-state index in [1.165, 1.54) is 31.5 Å². The average molecular weight is 325 g/mol. The molecule has 2 N–H and O–H groups in total. The van der Waals surface area contributed by atoms with Crippen LogP contribution in [0.2, 0.25) is 5.02 Å². The fraction of sp³-hybridized carbons (Fsp3) is 0.588. The van der Waals surface area contributed by atoms with Gasteiger partial charge in [-0.3, -0.25) is 4.79 Å². The minimum atomic E-state index is -0.140. The molecule has 1 aromatic carbocycles. The van der Waals surface area contributed by atoms with Crippen molar-refractivity contribution in [3.8, 4) is 5.75 Å². The van der Waals surface area contributed by atoms with Gasteiger partial charge in [0.15, 0.2) is 0 Å². The Morgan fingerprint density at radius 2 is 2.27 bits per heavy atom. The number of aromatic hydroxyl groups is 1. The van der Waals surface area contributed by atoms with Gasteiger partial charge in [-0.15, -0.1) is 0 Å². The van der Waals surface area contributed by atoms with Crippen LogP contribution in [-0.2, 0) is 0 Å². The van der Waals surface area contributed by atoms with Crippen molar-refractivity contribution in [1.29, 1.82) is 0 Å². The van der Waals surface area contributed by atoms with E-state index in [1.54, 1.807) is 6.07 Å². The van der Waals surface area contributed by atoms with E-state index in [4.69, 9.17) is 11.6 Å². The summed E-state index contributed by atoms with van der Waals surface area (Å²) in [6.07, 6.45) is 3.48. The summed E-state index contributed by atoms with van der Waals surface area (Å²) < 4.78 is 0. The molecule has 122 valence electrons. The van der Waals surface area contributed by atoms with E-state index in [2.05, 4.69) is 24.1 Å². The van der Waals surface area contributed by atoms with Gasteiger partial charge in [-0.05, 0) is 63.8 Å². The second-order valence-electron chi connectivity index (χ2n) is 6.31. The number of hydrogen-bond donors (Lipinski definition) is 2. The summed E-state index contributed by atoms with van der Waals surface area (Å²) in [5.74, 6) is 0.507. The highest BCUT2D eigenvalue weighted by Crippen LogP contribution is 2.24. The summed E-state index contributed by atoms with van der Waals surface area (Å²) in [5, 5.41) is 12.5. The predicted molar refractivity (Wildman–Crippen MR) is 89.5 cm³/mol. The molecule has 0 saturated carbocycles. The van der Waals surface area contributed by atoms with E-state index < -0.39 is 0 Å². The number of halogens is 1. The predicted octanol–water partition coefficient (Wildman–Crippen LogP) is 3.29. The normalized spacial score (nSPS) is 19.4. The first-order chi connectivity index (χ1) is 10.5. The zero-order valence-electron chi connectivity index (χ0n) is 13.3. The number of nitrogens with zero attached hydrogens (tertiary/aromatic N) is 1. The molecule has 1 saturated heterocycles. The van der Waals surface area contributed by atoms with Crippen molar-refractivity contribution in [3.05, 3.63) is 28.8 Å². The maximum absolute atomic E-state index is 12.1. The van der Waals surface area contributed by atoms with Crippen LogP contribution in [0.1, 0.15) is 43.5 Å². The Morgan fingerprint density at radius 3 is 2.95 bits per heavy atom. The lowest BCUT2D eigenvalue weighted by Gasteiger charge is -2.35. The first-order valence-corrected chi connectivity index (χ1v) is 8.36. The number of amides is 1. The highest BCUT2D eigenvalue weighted by molar-refractivity contribution is 6.32. The number of benzene rings is 1. The second kappa shape index (κ2) is 7.84. The summed E-state index contributed by atoms with van der Waals surface area (Å²) in [5.41, 5.74) is 0.482. The summed E-state index contributed by atoms with van der Waals surface area (Å²) in [4.78, 5) is 14.6. The molecule has 1 atom stereocenters. The van der Waals surface area contributed by atoms with Crippen LogP contribution in [0.3, 0.4) is 0 Å². The van der Waals surface area contributed by atoms with Gasteiger partial charge < -0.3 is 15.3 Å². The van der Waals surface area contributed by atoms with Crippen molar-refractivity contribution < 1.29 is 9.90 Å². The number of phenols is 1. The maximum atomic E-state index is 12.1. The molecule has 1 heterocycles. The van der Waals surface area contributed by atoms with Gasteiger partial charge in [0.1, 0.15) is 5.75 Å². The lowest BCUT2D eigenvalue weighted by atomic mass is 9.94. The van der Waals surface area contributed by atoms with E-state index in [0.29, 0.717) is 24.1 Å². The second-order valence-corrected chi connectivity index (χ2v) is 6.71. The fourth-order valence-electron chi connectivity index (χ4n) is 2.94. The van der Waals surface area contributed by atoms with Crippen LogP contribution in [-0.4, -0.2) is 41.6 Å². The number of piperidine rings is 1. The monoisotopic (exact) mass is 324 g/mol. The number of carbonyl (C=O) groups excluding carboxylic acids is 1. The molecule has 5 heteroatoms. The Morgan fingerprint density at radius 1 is 1.50 bits per heavy atom. The van der Waals surface area contributed by atoms with Crippen LogP contribution < -0.4 is 5.32 Å². The molecule has 1 amide bonds. The molecule has 1 aliphatic rings.